The van der Waals surface area contributed by atoms with Crippen molar-refractivity contribution in [1.82, 2.24) is 14.1 Å². The number of benzene rings is 1. The highest BCUT2D eigenvalue weighted by Gasteiger charge is 2.37. The highest BCUT2D eigenvalue weighted by Crippen LogP contribution is 2.35. The molecule has 0 N–H and O–H groups in total. The van der Waals surface area contributed by atoms with Crippen molar-refractivity contribution in [3.63, 3.8) is 0 Å². The van der Waals surface area contributed by atoms with Gasteiger partial charge in [-0.3, -0.25) is 4.68 Å². The summed E-state index contributed by atoms with van der Waals surface area (Å²) in [6, 6.07) is 3.90. The van der Waals surface area contributed by atoms with Gasteiger partial charge in [-0.25, -0.2) is 17.2 Å². The topological polar surface area (TPSA) is 55.2 Å². The molecule has 124 valence electrons. The van der Waals surface area contributed by atoms with Crippen LogP contribution in [0.3, 0.4) is 0 Å². The summed E-state index contributed by atoms with van der Waals surface area (Å²) in [4.78, 5) is -0.493. The number of sulfonamides is 1. The van der Waals surface area contributed by atoms with Crippen molar-refractivity contribution in [1.29, 1.82) is 0 Å². The first-order valence-electron chi connectivity index (χ1n) is 7.36. The number of aromatic nitrogens is 2. The van der Waals surface area contributed by atoms with Gasteiger partial charge in [-0.15, -0.1) is 0 Å². The lowest BCUT2D eigenvalue weighted by atomic mass is 10.0. The molecule has 1 atom stereocenters. The Morgan fingerprint density at radius 3 is 2.65 bits per heavy atom. The normalized spacial score (nSPS) is 19.9. The number of hydrogen-bond donors (Lipinski definition) is 0. The fourth-order valence-electron chi connectivity index (χ4n) is 3.01. The number of aryl methyl sites for hydroxylation is 1. The van der Waals surface area contributed by atoms with Crippen LogP contribution in [0.25, 0.3) is 0 Å². The summed E-state index contributed by atoms with van der Waals surface area (Å²) in [5.74, 6) is -1.87. The molecule has 2 aromatic rings. The third-order valence-corrected chi connectivity index (χ3v) is 6.08. The number of hydrogen-bond acceptors (Lipinski definition) is 3. The minimum atomic E-state index is -4.05. The van der Waals surface area contributed by atoms with Gasteiger partial charge < -0.3 is 0 Å². The van der Waals surface area contributed by atoms with Crippen molar-refractivity contribution < 1.29 is 17.2 Å². The molecule has 0 spiro atoms. The van der Waals surface area contributed by atoms with Gasteiger partial charge in [0.15, 0.2) is 0 Å². The van der Waals surface area contributed by atoms with E-state index in [0.29, 0.717) is 25.5 Å². The Morgan fingerprint density at radius 1 is 1.22 bits per heavy atom. The molecule has 5 nitrogen and oxygen atoms in total. The molecule has 1 aliphatic heterocycles. The van der Waals surface area contributed by atoms with Gasteiger partial charge in [-0.2, -0.15) is 9.40 Å². The van der Waals surface area contributed by atoms with E-state index in [2.05, 4.69) is 5.10 Å². The first-order chi connectivity index (χ1) is 10.9. The Hall–Kier alpha value is -1.80. The van der Waals surface area contributed by atoms with Crippen LogP contribution in [-0.2, 0) is 17.1 Å². The third-order valence-electron chi connectivity index (χ3n) is 4.13. The van der Waals surface area contributed by atoms with Gasteiger partial charge in [0.1, 0.15) is 16.5 Å². The highest BCUT2D eigenvalue weighted by molar-refractivity contribution is 7.89. The van der Waals surface area contributed by atoms with Gasteiger partial charge in [0, 0.05) is 25.9 Å². The second kappa shape index (κ2) is 6.01. The average Bonchev–Trinajstić information content (AvgIpc) is 2.93. The monoisotopic (exact) mass is 341 g/mol. The Kier molecular flexibility index (Phi) is 4.20. The summed E-state index contributed by atoms with van der Waals surface area (Å²) >= 11 is 0. The molecule has 0 amide bonds. The fourth-order valence-corrected chi connectivity index (χ4v) is 4.73. The Labute approximate surface area is 133 Å². The zero-order chi connectivity index (χ0) is 16.6. The SMILES string of the molecule is Cn1nccc1C1CCCCN1S(=O)(=O)c1ccc(F)cc1F. The number of nitrogens with zero attached hydrogens (tertiary/aromatic N) is 3. The van der Waals surface area contributed by atoms with Crippen LogP contribution < -0.4 is 0 Å². The van der Waals surface area contributed by atoms with Crippen LogP contribution in [0.5, 0.6) is 0 Å². The van der Waals surface area contributed by atoms with E-state index in [4.69, 9.17) is 0 Å². The van der Waals surface area contributed by atoms with E-state index in [-0.39, 0.29) is 0 Å². The van der Waals surface area contributed by atoms with Crippen LogP contribution >= 0.6 is 0 Å². The molecule has 0 aliphatic carbocycles. The lowest BCUT2D eigenvalue weighted by Crippen LogP contribution is -2.39. The van der Waals surface area contributed by atoms with Crippen LogP contribution in [0, 0.1) is 11.6 Å². The van der Waals surface area contributed by atoms with Crippen LogP contribution in [0.1, 0.15) is 31.0 Å². The van der Waals surface area contributed by atoms with E-state index in [1.807, 2.05) is 0 Å². The second-order valence-electron chi connectivity index (χ2n) is 5.58. The maximum atomic E-state index is 14.0. The number of piperidine rings is 1. The van der Waals surface area contributed by atoms with E-state index in [0.717, 1.165) is 24.2 Å². The quantitative estimate of drug-likeness (QED) is 0.862. The zero-order valence-electron chi connectivity index (χ0n) is 12.6. The summed E-state index contributed by atoms with van der Waals surface area (Å²) in [7, 11) is -2.31. The van der Waals surface area contributed by atoms with Crippen LogP contribution in [-0.4, -0.2) is 29.0 Å². The molecule has 0 saturated carbocycles. The predicted octanol–water partition coefficient (Wildman–Crippen LogP) is 2.61. The Morgan fingerprint density at radius 2 is 2.00 bits per heavy atom. The first kappa shape index (κ1) is 16.1. The summed E-state index contributed by atoms with van der Waals surface area (Å²) in [5, 5.41) is 4.08. The minimum absolute atomic E-state index is 0.301. The molecule has 2 heterocycles. The Balaban J connectivity index is 2.04. The van der Waals surface area contributed by atoms with E-state index in [9.17, 15) is 17.2 Å². The van der Waals surface area contributed by atoms with Crippen molar-refractivity contribution in [2.75, 3.05) is 6.54 Å². The van der Waals surface area contributed by atoms with E-state index in [1.54, 1.807) is 24.0 Å². The molecular weight excluding hydrogens is 324 g/mol. The largest absolute Gasteiger partial charge is 0.271 e. The Bertz CT molecular complexity index is 820. The summed E-state index contributed by atoms with van der Waals surface area (Å²) < 4.78 is 55.7. The van der Waals surface area contributed by atoms with Gasteiger partial charge in [-0.05, 0) is 31.0 Å². The lowest BCUT2D eigenvalue weighted by Gasteiger charge is -2.34. The number of rotatable bonds is 3. The van der Waals surface area contributed by atoms with Crippen LogP contribution in [0.2, 0.25) is 0 Å². The molecule has 1 saturated heterocycles. The lowest BCUT2D eigenvalue weighted by molar-refractivity contribution is 0.245. The highest BCUT2D eigenvalue weighted by atomic mass is 32.2. The van der Waals surface area contributed by atoms with Gasteiger partial charge in [0.25, 0.3) is 0 Å². The van der Waals surface area contributed by atoms with Crippen LogP contribution in [0.15, 0.2) is 35.4 Å². The van der Waals surface area contributed by atoms with Gasteiger partial charge in [-0.1, -0.05) is 6.42 Å². The maximum Gasteiger partial charge on any atom is 0.246 e. The molecule has 1 aromatic heterocycles. The van der Waals surface area contributed by atoms with Gasteiger partial charge >= 0.3 is 0 Å². The van der Waals surface area contributed by atoms with Crippen LogP contribution in [0.4, 0.5) is 8.78 Å². The van der Waals surface area contributed by atoms with Crippen molar-refractivity contribution in [2.24, 2.45) is 7.05 Å². The zero-order valence-corrected chi connectivity index (χ0v) is 13.4. The standard InChI is InChI=1S/C15H17F2N3O2S/c1-19-13(7-8-18-19)14-4-2-3-9-20(14)23(21,22)15-6-5-11(16)10-12(15)17/h5-8,10,14H,2-4,9H2,1H3. The van der Waals surface area contributed by atoms with E-state index in [1.165, 1.54) is 4.31 Å². The molecule has 1 aromatic carbocycles. The minimum Gasteiger partial charge on any atom is -0.271 e. The first-order valence-corrected chi connectivity index (χ1v) is 8.80. The van der Waals surface area contributed by atoms with E-state index >= 15 is 0 Å². The molecule has 3 rings (SSSR count). The van der Waals surface area contributed by atoms with Gasteiger partial charge in [0.05, 0.1) is 11.7 Å². The second-order valence-corrected chi connectivity index (χ2v) is 7.44. The molecule has 23 heavy (non-hydrogen) atoms. The fraction of sp³-hybridized carbons (Fsp3) is 0.400. The van der Waals surface area contributed by atoms with Crippen molar-refractivity contribution in [2.45, 2.75) is 30.2 Å². The number of halogens is 2. The summed E-state index contributed by atoms with van der Waals surface area (Å²) in [6.07, 6.45) is 3.83. The van der Waals surface area contributed by atoms with Crippen molar-refractivity contribution in [3.8, 4) is 0 Å². The molecular formula is C15H17F2N3O2S. The predicted molar refractivity (Wildman–Crippen MR) is 80.0 cm³/mol. The molecule has 8 heteroatoms. The third kappa shape index (κ3) is 2.88. The molecule has 0 radical (unpaired) electrons. The molecule has 1 fully saturated rings. The molecule has 0 bridgehead atoms. The van der Waals surface area contributed by atoms with E-state index < -0.39 is 32.6 Å². The smallest absolute Gasteiger partial charge is 0.246 e. The maximum absolute atomic E-state index is 14.0. The van der Waals surface area contributed by atoms with Crippen molar-refractivity contribution >= 4 is 10.0 Å². The van der Waals surface area contributed by atoms with Crippen molar-refractivity contribution in [3.05, 3.63) is 47.8 Å². The average molecular weight is 341 g/mol. The summed E-state index contributed by atoms with van der Waals surface area (Å²) in [5.41, 5.74) is 0.760. The molecule has 1 aliphatic rings. The summed E-state index contributed by atoms with van der Waals surface area (Å²) in [6.45, 7) is 0.301. The molecule has 1 unspecified atom stereocenters. The van der Waals surface area contributed by atoms with Gasteiger partial charge in [0.2, 0.25) is 10.0 Å².